The van der Waals surface area contributed by atoms with Crippen LogP contribution in [0.4, 0.5) is 5.69 Å². The molecule has 116 valence electrons. The first-order valence-electron chi connectivity index (χ1n) is 7.00. The smallest absolute Gasteiger partial charge is 0.254 e. The van der Waals surface area contributed by atoms with E-state index in [1.165, 1.54) is 14.2 Å². The monoisotopic (exact) mass is 294 g/mol. The summed E-state index contributed by atoms with van der Waals surface area (Å²) in [5.74, 6) is 0.620. The molecule has 1 aliphatic carbocycles. The maximum absolute atomic E-state index is 12.5. The maximum Gasteiger partial charge on any atom is 0.254 e. The third-order valence-electron chi connectivity index (χ3n) is 4.04. The summed E-state index contributed by atoms with van der Waals surface area (Å²) in [6.07, 6.45) is 3.56. The number of methoxy groups -OCH3 is 2. The van der Waals surface area contributed by atoms with Crippen LogP contribution in [-0.2, 0) is 0 Å². The number of aliphatic hydroxyl groups is 1. The Labute approximate surface area is 124 Å². The van der Waals surface area contributed by atoms with E-state index in [0.29, 0.717) is 22.7 Å². The number of carbonyl (C=O) groups excluding carboxylic acids is 1. The second-order valence-electron chi connectivity index (χ2n) is 5.39. The largest absolute Gasteiger partial charge is 0.493 e. The van der Waals surface area contributed by atoms with E-state index in [1.807, 2.05) is 0 Å². The zero-order valence-electron chi connectivity index (χ0n) is 12.4. The van der Waals surface area contributed by atoms with Crippen molar-refractivity contribution in [1.82, 2.24) is 5.32 Å². The van der Waals surface area contributed by atoms with Gasteiger partial charge in [-0.15, -0.1) is 0 Å². The van der Waals surface area contributed by atoms with Crippen LogP contribution in [0.25, 0.3) is 0 Å². The van der Waals surface area contributed by atoms with Gasteiger partial charge in [-0.2, -0.15) is 0 Å². The van der Waals surface area contributed by atoms with Crippen LogP contribution in [0.15, 0.2) is 12.1 Å². The van der Waals surface area contributed by atoms with E-state index < -0.39 is 5.54 Å². The molecule has 6 heteroatoms. The second-order valence-corrected chi connectivity index (χ2v) is 5.39. The lowest BCUT2D eigenvalue weighted by atomic mass is 9.98. The maximum atomic E-state index is 12.5. The van der Waals surface area contributed by atoms with Crippen LogP contribution in [0.2, 0.25) is 0 Å². The Kier molecular flexibility index (Phi) is 4.57. The zero-order chi connectivity index (χ0) is 15.5. The summed E-state index contributed by atoms with van der Waals surface area (Å²) in [6, 6.07) is 3.12. The van der Waals surface area contributed by atoms with Gasteiger partial charge in [0, 0.05) is 11.8 Å². The van der Waals surface area contributed by atoms with Crippen molar-refractivity contribution in [2.24, 2.45) is 0 Å². The van der Waals surface area contributed by atoms with Gasteiger partial charge in [-0.05, 0) is 18.9 Å². The Morgan fingerprint density at radius 3 is 2.38 bits per heavy atom. The molecule has 0 aliphatic heterocycles. The van der Waals surface area contributed by atoms with Gasteiger partial charge >= 0.3 is 0 Å². The lowest BCUT2D eigenvalue weighted by molar-refractivity contribution is 0.0839. The van der Waals surface area contributed by atoms with E-state index >= 15 is 0 Å². The molecule has 0 saturated heterocycles. The minimum absolute atomic E-state index is 0.0636. The lowest BCUT2D eigenvalue weighted by Gasteiger charge is -2.28. The van der Waals surface area contributed by atoms with Crippen molar-refractivity contribution in [3.63, 3.8) is 0 Å². The fraction of sp³-hybridized carbons (Fsp3) is 0.533. The van der Waals surface area contributed by atoms with Gasteiger partial charge in [-0.3, -0.25) is 4.79 Å². The first kappa shape index (κ1) is 15.4. The van der Waals surface area contributed by atoms with Gasteiger partial charge < -0.3 is 25.6 Å². The zero-order valence-corrected chi connectivity index (χ0v) is 12.4. The van der Waals surface area contributed by atoms with Crippen molar-refractivity contribution in [3.05, 3.63) is 17.7 Å². The van der Waals surface area contributed by atoms with E-state index in [2.05, 4.69) is 5.32 Å². The molecule has 1 aromatic carbocycles. The highest BCUT2D eigenvalue weighted by molar-refractivity contribution is 6.00. The van der Waals surface area contributed by atoms with E-state index in [1.54, 1.807) is 12.1 Å². The molecule has 0 spiro atoms. The Morgan fingerprint density at radius 2 is 1.86 bits per heavy atom. The molecule has 21 heavy (non-hydrogen) atoms. The molecule has 1 aromatic rings. The van der Waals surface area contributed by atoms with Gasteiger partial charge in [0.15, 0.2) is 11.5 Å². The molecule has 4 N–H and O–H groups in total. The molecule has 1 amide bonds. The molecule has 0 aromatic heterocycles. The molecule has 1 saturated carbocycles. The van der Waals surface area contributed by atoms with Crippen LogP contribution >= 0.6 is 0 Å². The number of nitrogen functional groups attached to an aromatic ring is 1. The Balaban J connectivity index is 2.26. The Bertz CT molecular complexity index is 525. The highest BCUT2D eigenvalue weighted by Crippen LogP contribution is 2.33. The fourth-order valence-corrected chi connectivity index (χ4v) is 2.77. The van der Waals surface area contributed by atoms with Gasteiger partial charge in [0.05, 0.1) is 31.9 Å². The van der Waals surface area contributed by atoms with Crippen molar-refractivity contribution < 1.29 is 19.4 Å². The van der Waals surface area contributed by atoms with Gasteiger partial charge in [0.2, 0.25) is 0 Å². The summed E-state index contributed by atoms with van der Waals surface area (Å²) in [5.41, 5.74) is 6.03. The SMILES string of the molecule is COc1cc(N)c(C(=O)NC2(CO)CCCC2)cc1OC. The highest BCUT2D eigenvalue weighted by atomic mass is 16.5. The molecule has 0 radical (unpaired) electrons. The first-order chi connectivity index (χ1) is 10.0. The van der Waals surface area contributed by atoms with Crippen LogP contribution in [-0.4, -0.2) is 37.4 Å². The number of nitrogens with two attached hydrogens (primary N) is 1. The number of carbonyl (C=O) groups is 1. The highest BCUT2D eigenvalue weighted by Gasteiger charge is 2.35. The van der Waals surface area contributed by atoms with E-state index in [-0.39, 0.29) is 12.5 Å². The minimum Gasteiger partial charge on any atom is -0.493 e. The average Bonchev–Trinajstić information content (AvgIpc) is 2.95. The Morgan fingerprint density at radius 1 is 1.29 bits per heavy atom. The van der Waals surface area contributed by atoms with Gasteiger partial charge in [0.1, 0.15) is 0 Å². The van der Waals surface area contributed by atoms with Crippen molar-refractivity contribution in [1.29, 1.82) is 0 Å². The molecule has 1 fully saturated rings. The normalized spacial score (nSPS) is 16.5. The second kappa shape index (κ2) is 6.22. The number of hydrogen-bond donors (Lipinski definition) is 3. The summed E-state index contributed by atoms with van der Waals surface area (Å²) in [5, 5.41) is 12.5. The number of ether oxygens (including phenoxy) is 2. The quantitative estimate of drug-likeness (QED) is 0.712. The number of benzene rings is 1. The number of hydrogen-bond acceptors (Lipinski definition) is 5. The summed E-state index contributed by atoms with van der Waals surface area (Å²) in [6.45, 7) is -0.0636. The van der Waals surface area contributed by atoms with E-state index in [0.717, 1.165) is 25.7 Å². The fourth-order valence-electron chi connectivity index (χ4n) is 2.77. The van der Waals surface area contributed by atoms with Crippen LogP contribution < -0.4 is 20.5 Å². The molecule has 0 heterocycles. The van der Waals surface area contributed by atoms with Crippen molar-refractivity contribution in [3.8, 4) is 11.5 Å². The van der Waals surface area contributed by atoms with Gasteiger partial charge in [0.25, 0.3) is 5.91 Å². The molecule has 0 unspecified atom stereocenters. The van der Waals surface area contributed by atoms with Crippen molar-refractivity contribution in [2.75, 3.05) is 26.6 Å². The number of amides is 1. The van der Waals surface area contributed by atoms with Crippen LogP contribution in [0.5, 0.6) is 11.5 Å². The molecule has 2 rings (SSSR count). The summed E-state index contributed by atoms with van der Waals surface area (Å²) >= 11 is 0. The van der Waals surface area contributed by atoms with Crippen LogP contribution in [0, 0.1) is 0 Å². The number of rotatable bonds is 5. The molecule has 0 atom stereocenters. The summed E-state index contributed by atoms with van der Waals surface area (Å²) < 4.78 is 10.3. The molecule has 1 aliphatic rings. The number of nitrogens with one attached hydrogen (secondary N) is 1. The van der Waals surface area contributed by atoms with E-state index in [4.69, 9.17) is 15.2 Å². The predicted octanol–water partition coefficient (Wildman–Crippen LogP) is 1.32. The number of anilines is 1. The first-order valence-corrected chi connectivity index (χ1v) is 7.00. The van der Waals surface area contributed by atoms with Crippen LogP contribution in [0.1, 0.15) is 36.0 Å². The molecular weight excluding hydrogens is 272 g/mol. The topological polar surface area (TPSA) is 93.8 Å². The van der Waals surface area contributed by atoms with Gasteiger partial charge in [-0.25, -0.2) is 0 Å². The van der Waals surface area contributed by atoms with Crippen LogP contribution in [0.3, 0.4) is 0 Å². The molecule has 0 bridgehead atoms. The molecule has 6 nitrogen and oxygen atoms in total. The number of aliphatic hydroxyl groups excluding tert-OH is 1. The molecular formula is C15H22N2O4. The standard InChI is InChI=1S/C15H22N2O4/c1-20-12-7-10(11(16)8-13(12)21-2)14(19)17-15(9-18)5-3-4-6-15/h7-8,18H,3-6,9,16H2,1-2H3,(H,17,19). The summed E-state index contributed by atoms with van der Waals surface area (Å²) in [7, 11) is 3.01. The van der Waals surface area contributed by atoms with Gasteiger partial charge in [-0.1, -0.05) is 12.8 Å². The van der Waals surface area contributed by atoms with E-state index in [9.17, 15) is 9.90 Å². The third kappa shape index (κ3) is 3.05. The Hall–Kier alpha value is -1.95. The predicted molar refractivity (Wildman–Crippen MR) is 79.7 cm³/mol. The van der Waals surface area contributed by atoms with Crippen molar-refractivity contribution in [2.45, 2.75) is 31.2 Å². The lowest BCUT2D eigenvalue weighted by Crippen LogP contribution is -2.49. The average molecular weight is 294 g/mol. The van der Waals surface area contributed by atoms with Crippen molar-refractivity contribution >= 4 is 11.6 Å². The minimum atomic E-state index is -0.531. The third-order valence-corrected chi connectivity index (χ3v) is 4.04. The summed E-state index contributed by atoms with van der Waals surface area (Å²) in [4.78, 5) is 12.5.